The minimum Gasteiger partial charge on any atom is -0.383 e. The zero-order chi connectivity index (χ0) is 13.7. The summed E-state index contributed by atoms with van der Waals surface area (Å²) in [6.07, 6.45) is 5.36. The Morgan fingerprint density at radius 2 is 2.26 bits per heavy atom. The first-order chi connectivity index (χ1) is 9.26. The van der Waals surface area contributed by atoms with Crippen LogP contribution >= 0.6 is 11.6 Å². The van der Waals surface area contributed by atoms with E-state index >= 15 is 0 Å². The largest absolute Gasteiger partial charge is 0.383 e. The molecule has 0 amide bonds. The molecule has 6 heteroatoms. The Hall–Kier alpha value is -1.07. The second kappa shape index (κ2) is 6.91. The second-order valence-corrected chi connectivity index (χ2v) is 5.16. The van der Waals surface area contributed by atoms with Gasteiger partial charge in [-0.2, -0.15) is 0 Å². The van der Waals surface area contributed by atoms with Crippen molar-refractivity contribution < 1.29 is 0 Å². The molecule has 2 heterocycles. The van der Waals surface area contributed by atoms with Crippen molar-refractivity contribution in [3.05, 3.63) is 11.5 Å². The molecule has 1 atom stereocenters. The van der Waals surface area contributed by atoms with Gasteiger partial charge >= 0.3 is 0 Å². The van der Waals surface area contributed by atoms with Gasteiger partial charge in [0, 0.05) is 19.6 Å². The number of hydrogen-bond donors (Lipinski definition) is 2. The third-order valence-corrected chi connectivity index (χ3v) is 4.00. The van der Waals surface area contributed by atoms with E-state index in [4.69, 9.17) is 11.6 Å². The summed E-state index contributed by atoms with van der Waals surface area (Å²) in [6.45, 7) is 5.43. The summed E-state index contributed by atoms with van der Waals surface area (Å²) in [4.78, 5) is 10.8. The van der Waals surface area contributed by atoms with Crippen LogP contribution in [0.3, 0.4) is 0 Å². The van der Waals surface area contributed by atoms with Crippen molar-refractivity contribution >= 4 is 23.1 Å². The van der Waals surface area contributed by atoms with E-state index in [0.29, 0.717) is 11.2 Å². The zero-order valence-electron chi connectivity index (χ0n) is 11.6. The second-order valence-electron chi connectivity index (χ2n) is 4.80. The van der Waals surface area contributed by atoms with E-state index in [1.807, 2.05) is 7.05 Å². The Labute approximate surface area is 119 Å². The molecule has 0 radical (unpaired) electrons. The molecule has 0 saturated carbocycles. The van der Waals surface area contributed by atoms with Gasteiger partial charge in [-0.05, 0) is 25.9 Å². The number of piperidine rings is 1. The highest BCUT2D eigenvalue weighted by atomic mass is 35.5. The molecule has 1 unspecified atom stereocenters. The van der Waals surface area contributed by atoms with Gasteiger partial charge in [0.1, 0.15) is 12.0 Å². The topological polar surface area (TPSA) is 53.1 Å². The van der Waals surface area contributed by atoms with Crippen molar-refractivity contribution in [3.63, 3.8) is 0 Å². The zero-order valence-corrected chi connectivity index (χ0v) is 12.4. The van der Waals surface area contributed by atoms with Crippen LogP contribution in [0, 0.1) is 0 Å². The highest BCUT2D eigenvalue weighted by Crippen LogP contribution is 2.26. The summed E-state index contributed by atoms with van der Waals surface area (Å²) in [5.41, 5.74) is 0.767. The lowest BCUT2D eigenvalue weighted by Gasteiger charge is -2.35. The number of nitrogens with zero attached hydrogens (tertiary/aromatic N) is 3. The highest BCUT2D eigenvalue weighted by molar-refractivity contribution is 6.32. The van der Waals surface area contributed by atoms with E-state index in [1.165, 1.54) is 32.1 Å². The fourth-order valence-electron chi connectivity index (χ4n) is 2.64. The predicted molar refractivity (Wildman–Crippen MR) is 80.0 cm³/mol. The number of nitrogens with one attached hydrogen (secondary N) is 2. The van der Waals surface area contributed by atoms with Crippen LogP contribution in [0.1, 0.15) is 26.2 Å². The standard InChI is InChI=1S/C13H22ClN5/c1-3-19-7-5-4-6-10(19)8-16-13-11(15-2)12(14)17-9-18-13/h9-10,15H,3-8H2,1-2H3,(H,16,17,18). The van der Waals surface area contributed by atoms with E-state index in [-0.39, 0.29) is 0 Å². The Morgan fingerprint density at radius 3 is 3.00 bits per heavy atom. The van der Waals surface area contributed by atoms with Gasteiger partial charge in [-0.15, -0.1) is 0 Å². The van der Waals surface area contributed by atoms with E-state index < -0.39 is 0 Å². The van der Waals surface area contributed by atoms with Crippen molar-refractivity contribution in [3.8, 4) is 0 Å². The summed E-state index contributed by atoms with van der Waals surface area (Å²) in [5, 5.41) is 6.90. The first kappa shape index (κ1) is 14.3. The van der Waals surface area contributed by atoms with Crippen molar-refractivity contribution in [1.82, 2.24) is 14.9 Å². The molecule has 1 aromatic heterocycles. The maximum Gasteiger partial charge on any atom is 0.157 e. The number of rotatable bonds is 5. The molecule has 1 saturated heterocycles. The van der Waals surface area contributed by atoms with Crippen molar-refractivity contribution in [2.24, 2.45) is 0 Å². The molecule has 19 heavy (non-hydrogen) atoms. The quantitative estimate of drug-likeness (QED) is 0.813. The summed E-state index contributed by atoms with van der Waals surface area (Å²) in [7, 11) is 1.83. The average Bonchev–Trinajstić information content (AvgIpc) is 2.45. The number of hydrogen-bond acceptors (Lipinski definition) is 5. The van der Waals surface area contributed by atoms with Gasteiger partial charge in [0.25, 0.3) is 0 Å². The van der Waals surface area contributed by atoms with Crippen molar-refractivity contribution in [2.75, 3.05) is 37.3 Å². The molecule has 2 rings (SSSR count). The fraction of sp³-hybridized carbons (Fsp3) is 0.692. The van der Waals surface area contributed by atoms with Crippen LogP contribution in [0.5, 0.6) is 0 Å². The van der Waals surface area contributed by atoms with Crippen LogP contribution in [-0.2, 0) is 0 Å². The average molecular weight is 284 g/mol. The summed E-state index contributed by atoms with van der Waals surface area (Å²) in [6, 6.07) is 0.581. The lowest BCUT2D eigenvalue weighted by Crippen LogP contribution is -2.43. The molecule has 1 aliphatic heterocycles. The molecule has 1 aliphatic rings. The van der Waals surface area contributed by atoms with Gasteiger partial charge in [-0.1, -0.05) is 24.9 Å². The first-order valence-electron chi connectivity index (χ1n) is 6.92. The maximum atomic E-state index is 6.04. The van der Waals surface area contributed by atoms with Gasteiger partial charge < -0.3 is 10.6 Å². The summed E-state index contributed by atoms with van der Waals surface area (Å²) in [5.74, 6) is 0.782. The van der Waals surface area contributed by atoms with Gasteiger partial charge in [-0.3, -0.25) is 4.90 Å². The predicted octanol–water partition coefficient (Wildman–Crippen LogP) is 2.46. The van der Waals surface area contributed by atoms with Crippen LogP contribution in [0.15, 0.2) is 6.33 Å². The van der Waals surface area contributed by atoms with Crippen LogP contribution in [-0.4, -0.2) is 47.6 Å². The van der Waals surface area contributed by atoms with Gasteiger partial charge in [0.2, 0.25) is 0 Å². The fourth-order valence-corrected chi connectivity index (χ4v) is 2.87. The number of likely N-dealkylation sites (N-methyl/N-ethyl adjacent to an activating group) is 1. The monoisotopic (exact) mass is 283 g/mol. The number of halogens is 1. The van der Waals surface area contributed by atoms with E-state index in [2.05, 4.69) is 32.4 Å². The van der Waals surface area contributed by atoms with E-state index in [1.54, 1.807) is 0 Å². The lowest BCUT2D eigenvalue weighted by molar-refractivity contribution is 0.164. The highest BCUT2D eigenvalue weighted by Gasteiger charge is 2.21. The first-order valence-corrected chi connectivity index (χ1v) is 7.30. The molecule has 0 spiro atoms. The molecular formula is C13H22ClN5. The van der Waals surface area contributed by atoms with Crippen LogP contribution in [0.25, 0.3) is 0 Å². The van der Waals surface area contributed by atoms with Crippen molar-refractivity contribution in [1.29, 1.82) is 0 Å². The lowest BCUT2D eigenvalue weighted by atomic mass is 10.0. The van der Waals surface area contributed by atoms with Crippen LogP contribution in [0.4, 0.5) is 11.5 Å². The molecule has 106 valence electrons. The van der Waals surface area contributed by atoms with Gasteiger partial charge in [0.05, 0.1) is 0 Å². The van der Waals surface area contributed by atoms with E-state index in [0.717, 1.165) is 24.6 Å². The summed E-state index contributed by atoms with van der Waals surface area (Å²) >= 11 is 6.04. The van der Waals surface area contributed by atoms with E-state index in [9.17, 15) is 0 Å². The third-order valence-electron chi connectivity index (χ3n) is 3.71. The molecule has 5 nitrogen and oxygen atoms in total. The minimum atomic E-state index is 0.455. The Bertz CT molecular complexity index is 412. The number of aromatic nitrogens is 2. The smallest absolute Gasteiger partial charge is 0.157 e. The molecule has 0 aliphatic carbocycles. The Balaban J connectivity index is 2.00. The van der Waals surface area contributed by atoms with Gasteiger partial charge in [-0.25, -0.2) is 9.97 Å². The Morgan fingerprint density at radius 1 is 1.42 bits per heavy atom. The summed E-state index contributed by atoms with van der Waals surface area (Å²) < 4.78 is 0. The molecule has 1 fully saturated rings. The molecular weight excluding hydrogens is 262 g/mol. The van der Waals surface area contributed by atoms with Crippen LogP contribution < -0.4 is 10.6 Å². The number of likely N-dealkylation sites (tertiary alicyclic amines) is 1. The molecule has 2 N–H and O–H groups in total. The van der Waals surface area contributed by atoms with Crippen molar-refractivity contribution in [2.45, 2.75) is 32.2 Å². The number of anilines is 2. The SMILES string of the molecule is CCN1CCCCC1CNc1ncnc(Cl)c1NC. The maximum absolute atomic E-state index is 6.04. The normalized spacial score (nSPS) is 20.3. The minimum absolute atomic E-state index is 0.455. The third kappa shape index (κ3) is 3.48. The van der Waals surface area contributed by atoms with Gasteiger partial charge in [0.15, 0.2) is 11.0 Å². The molecule has 1 aromatic rings. The molecule has 0 bridgehead atoms. The van der Waals surface area contributed by atoms with Crippen LogP contribution in [0.2, 0.25) is 5.15 Å². The molecule has 0 aromatic carbocycles. The Kier molecular flexibility index (Phi) is 5.22.